The molecular weight excluding hydrogens is 287 g/mol. The second-order valence-electron chi connectivity index (χ2n) is 4.84. The van der Waals surface area contributed by atoms with Crippen LogP contribution in [0.4, 0.5) is 4.39 Å². The van der Waals surface area contributed by atoms with E-state index in [1.54, 1.807) is 6.07 Å². The first-order valence-electron chi connectivity index (χ1n) is 6.60. The quantitative estimate of drug-likeness (QED) is 0.618. The fourth-order valence-electron chi connectivity index (χ4n) is 2.43. The van der Waals surface area contributed by atoms with E-state index in [4.69, 9.17) is 11.6 Å². The molecule has 0 aromatic heterocycles. The lowest BCUT2D eigenvalue weighted by atomic mass is 9.97. The van der Waals surface area contributed by atoms with Crippen molar-refractivity contribution in [2.45, 2.75) is 6.42 Å². The maximum absolute atomic E-state index is 13.9. The highest BCUT2D eigenvalue weighted by atomic mass is 35.5. The summed E-state index contributed by atoms with van der Waals surface area (Å²) in [6, 6.07) is 18.1. The predicted molar refractivity (Wildman–Crippen MR) is 83.4 cm³/mol. The van der Waals surface area contributed by atoms with E-state index in [2.05, 4.69) is 0 Å². The van der Waals surface area contributed by atoms with Crippen LogP contribution in [0.3, 0.4) is 0 Å². The van der Waals surface area contributed by atoms with Crippen molar-refractivity contribution >= 4 is 28.2 Å². The second-order valence-corrected chi connectivity index (χ2v) is 5.25. The summed E-state index contributed by atoms with van der Waals surface area (Å²) >= 11 is 5.73. The molecule has 0 amide bonds. The summed E-state index contributed by atoms with van der Waals surface area (Å²) in [4.78, 5) is 12.3. The van der Waals surface area contributed by atoms with Crippen LogP contribution in [0.5, 0.6) is 0 Å². The zero-order valence-electron chi connectivity index (χ0n) is 11.1. The topological polar surface area (TPSA) is 17.1 Å². The molecule has 0 bridgehead atoms. The van der Waals surface area contributed by atoms with Gasteiger partial charge in [-0.1, -0.05) is 60.1 Å². The van der Waals surface area contributed by atoms with Crippen LogP contribution < -0.4 is 0 Å². The molecule has 104 valence electrons. The standard InChI is InChI=1S/C18H12ClFO/c19-16-10-4-9-15(18(16)20)17(21)11-13-7-3-6-12-5-1-2-8-14(12)13/h1-10H,11H2. The molecule has 21 heavy (non-hydrogen) atoms. The van der Waals surface area contributed by atoms with Crippen molar-refractivity contribution in [3.8, 4) is 0 Å². The van der Waals surface area contributed by atoms with E-state index in [1.165, 1.54) is 12.1 Å². The van der Waals surface area contributed by atoms with Crippen molar-refractivity contribution in [2.75, 3.05) is 0 Å². The normalized spacial score (nSPS) is 10.8. The monoisotopic (exact) mass is 298 g/mol. The minimum atomic E-state index is -0.649. The molecule has 0 aliphatic carbocycles. The smallest absolute Gasteiger partial charge is 0.170 e. The Labute approximate surface area is 127 Å². The number of carbonyl (C=O) groups is 1. The predicted octanol–water partition coefficient (Wildman–Crippen LogP) is 5.06. The zero-order chi connectivity index (χ0) is 14.8. The summed E-state index contributed by atoms with van der Waals surface area (Å²) in [5, 5.41) is 2.05. The summed E-state index contributed by atoms with van der Waals surface area (Å²) in [5.41, 5.74) is 0.924. The highest BCUT2D eigenvalue weighted by molar-refractivity contribution is 6.31. The van der Waals surface area contributed by atoms with Gasteiger partial charge in [0, 0.05) is 6.42 Å². The Morgan fingerprint density at radius 3 is 2.52 bits per heavy atom. The Bertz CT molecular complexity index is 821. The fraction of sp³-hybridized carbons (Fsp3) is 0.0556. The molecular formula is C18H12ClFO. The number of hydrogen-bond acceptors (Lipinski definition) is 1. The molecule has 1 nitrogen and oxygen atoms in total. The molecule has 0 radical (unpaired) electrons. The lowest BCUT2D eigenvalue weighted by Crippen LogP contribution is -2.06. The average Bonchev–Trinajstić information content (AvgIpc) is 2.50. The number of fused-ring (bicyclic) bond motifs is 1. The van der Waals surface area contributed by atoms with E-state index in [0.29, 0.717) is 0 Å². The molecule has 3 rings (SSSR count). The van der Waals surface area contributed by atoms with Crippen molar-refractivity contribution in [3.05, 3.63) is 82.6 Å². The average molecular weight is 299 g/mol. The van der Waals surface area contributed by atoms with Crippen molar-refractivity contribution in [1.29, 1.82) is 0 Å². The van der Waals surface area contributed by atoms with Gasteiger partial charge in [0.1, 0.15) is 0 Å². The van der Waals surface area contributed by atoms with Crippen LogP contribution in [0.2, 0.25) is 5.02 Å². The Morgan fingerprint density at radius 1 is 0.952 bits per heavy atom. The van der Waals surface area contributed by atoms with Gasteiger partial charge in [-0.05, 0) is 28.5 Å². The summed E-state index contributed by atoms with van der Waals surface area (Å²) in [6.45, 7) is 0. The van der Waals surface area contributed by atoms with Crippen molar-refractivity contribution in [2.24, 2.45) is 0 Å². The van der Waals surface area contributed by atoms with E-state index in [-0.39, 0.29) is 22.8 Å². The van der Waals surface area contributed by atoms with Crippen molar-refractivity contribution in [3.63, 3.8) is 0 Å². The van der Waals surface area contributed by atoms with Gasteiger partial charge in [-0.15, -0.1) is 0 Å². The van der Waals surface area contributed by atoms with Crippen LogP contribution in [-0.4, -0.2) is 5.78 Å². The number of ketones is 1. The van der Waals surface area contributed by atoms with Gasteiger partial charge in [-0.3, -0.25) is 4.79 Å². The lowest BCUT2D eigenvalue weighted by Gasteiger charge is -2.07. The molecule has 0 heterocycles. The van der Waals surface area contributed by atoms with Gasteiger partial charge in [0.15, 0.2) is 11.6 Å². The molecule has 3 heteroatoms. The van der Waals surface area contributed by atoms with Crippen LogP contribution in [0, 0.1) is 5.82 Å². The Hall–Kier alpha value is -2.19. The van der Waals surface area contributed by atoms with Crippen LogP contribution in [-0.2, 0) is 6.42 Å². The number of rotatable bonds is 3. The largest absolute Gasteiger partial charge is 0.294 e. The van der Waals surface area contributed by atoms with Crippen LogP contribution in [0.15, 0.2) is 60.7 Å². The van der Waals surface area contributed by atoms with Gasteiger partial charge >= 0.3 is 0 Å². The number of hydrogen-bond donors (Lipinski definition) is 0. The third kappa shape index (κ3) is 2.67. The molecule has 3 aromatic rings. The molecule has 0 saturated heterocycles. The number of halogens is 2. The maximum atomic E-state index is 13.9. The van der Waals surface area contributed by atoms with E-state index >= 15 is 0 Å². The van der Waals surface area contributed by atoms with Gasteiger partial charge in [-0.25, -0.2) is 4.39 Å². The van der Waals surface area contributed by atoms with Crippen molar-refractivity contribution in [1.82, 2.24) is 0 Å². The molecule has 0 atom stereocenters. The molecule has 0 aliphatic rings. The number of benzene rings is 3. The highest BCUT2D eigenvalue weighted by Gasteiger charge is 2.15. The third-order valence-electron chi connectivity index (χ3n) is 3.48. The van der Waals surface area contributed by atoms with Crippen molar-refractivity contribution < 1.29 is 9.18 Å². The van der Waals surface area contributed by atoms with E-state index in [0.717, 1.165) is 16.3 Å². The third-order valence-corrected chi connectivity index (χ3v) is 3.77. The maximum Gasteiger partial charge on any atom is 0.170 e. The SMILES string of the molecule is O=C(Cc1cccc2ccccc12)c1cccc(Cl)c1F. The van der Waals surface area contributed by atoms with Gasteiger partial charge in [0.25, 0.3) is 0 Å². The molecule has 0 N–H and O–H groups in total. The first kappa shape index (κ1) is 13.8. The first-order valence-corrected chi connectivity index (χ1v) is 6.98. The minimum Gasteiger partial charge on any atom is -0.294 e. The van der Waals surface area contributed by atoms with Crippen LogP contribution in [0.1, 0.15) is 15.9 Å². The fourth-order valence-corrected chi connectivity index (χ4v) is 2.61. The van der Waals surface area contributed by atoms with Crippen LogP contribution >= 0.6 is 11.6 Å². The van der Waals surface area contributed by atoms with Gasteiger partial charge in [-0.2, -0.15) is 0 Å². The highest BCUT2D eigenvalue weighted by Crippen LogP contribution is 2.23. The Balaban J connectivity index is 1.99. The summed E-state index contributed by atoms with van der Waals surface area (Å²) in [7, 11) is 0. The zero-order valence-corrected chi connectivity index (χ0v) is 11.9. The lowest BCUT2D eigenvalue weighted by molar-refractivity contribution is 0.0989. The number of Topliss-reactive ketones (excluding diaryl/α,β-unsaturated/α-hetero) is 1. The van der Waals surface area contributed by atoms with Gasteiger partial charge in [0.05, 0.1) is 10.6 Å². The van der Waals surface area contributed by atoms with Crippen LogP contribution in [0.25, 0.3) is 10.8 Å². The van der Waals surface area contributed by atoms with Gasteiger partial charge in [0.2, 0.25) is 0 Å². The van der Waals surface area contributed by atoms with E-state index < -0.39 is 5.82 Å². The Morgan fingerprint density at radius 2 is 1.67 bits per heavy atom. The molecule has 0 spiro atoms. The van der Waals surface area contributed by atoms with Gasteiger partial charge < -0.3 is 0 Å². The second kappa shape index (κ2) is 5.66. The molecule has 0 saturated carbocycles. The Kier molecular flexibility index (Phi) is 3.72. The minimum absolute atomic E-state index is 0.0289. The first-order chi connectivity index (χ1) is 10.2. The molecule has 3 aromatic carbocycles. The van der Waals surface area contributed by atoms with E-state index in [1.807, 2.05) is 42.5 Å². The number of carbonyl (C=O) groups excluding carboxylic acids is 1. The summed E-state index contributed by atoms with van der Waals surface area (Å²) in [5.74, 6) is -0.921. The molecule has 0 fully saturated rings. The van der Waals surface area contributed by atoms with E-state index in [9.17, 15) is 9.18 Å². The summed E-state index contributed by atoms with van der Waals surface area (Å²) < 4.78 is 13.9. The summed E-state index contributed by atoms with van der Waals surface area (Å²) in [6.07, 6.45) is 0.151. The molecule has 0 aliphatic heterocycles. The molecule has 0 unspecified atom stereocenters.